The second-order valence-corrected chi connectivity index (χ2v) is 5.58. The van der Waals surface area contributed by atoms with Crippen LogP contribution in [0.4, 0.5) is 5.69 Å². The van der Waals surface area contributed by atoms with Crippen LogP contribution in [0.3, 0.4) is 0 Å². The Morgan fingerprint density at radius 3 is 2.42 bits per heavy atom. The minimum atomic E-state index is -0.688. The minimum absolute atomic E-state index is 0.171. The van der Waals surface area contributed by atoms with Gasteiger partial charge in [0, 0.05) is 12.2 Å². The number of anilines is 1. The third-order valence-electron chi connectivity index (χ3n) is 3.35. The Balaban J connectivity index is 1.87. The number of esters is 1. The van der Waals surface area contributed by atoms with E-state index < -0.39 is 18.5 Å². The summed E-state index contributed by atoms with van der Waals surface area (Å²) in [6.07, 6.45) is 0.171. The fourth-order valence-corrected chi connectivity index (χ4v) is 2.32. The SMILES string of the molecule is N#CCCN(C(=O)COC(=O)COc1ccccc1Cl)c1ccccc1. The molecule has 26 heavy (non-hydrogen) atoms. The molecule has 0 radical (unpaired) electrons. The molecule has 0 aliphatic heterocycles. The number of hydrogen-bond acceptors (Lipinski definition) is 5. The van der Waals surface area contributed by atoms with E-state index in [1.165, 1.54) is 4.90 Å². The van der Waals surface area contributed by atoms with Crippen LogP contribution in [0.25, 0.3) is 0 Å². The molecule has 0 bridgehead atoms. The monoisotopic (exact) mass is 372 g/mol. The number of carbonyl (C=O) groups excluding carboxylic acids is 2. The molecule has 2 aromatic rings. The van der Waals surface area contributed by atoms with Crippen LogP contribution in [0.1, 0.15) is 6.42 Å². The van der Waals surface area contributed by atoms with E-state index in [-0.39, 0.29) is 19.6 Å². The summed E-state index contributed by atoms with van der Waals surface area (Å²) < 4.78 is 10.2. The van der Waals surface area contributed by atoms with E-state index in [2.05, 4.69) is 0 Å². The van der Waals surface area contributed by atoms with Gasteiger partial charge >= 0.3 is 5.97 Å². The van der Waals surface area contributed by atoms with E-state index in [0.29, 0.717) is 16.5 Å². The van der Waals surface area contributed by atoms with Gasteiger partial charge in [-0.3, -0.25) is 4.79 Å². The number of rotatable bonds is 8. The number of carbonyl (C=O) groups is 2. The van der Waals surface area contributed by atoms with Gasteiger partial charge in [0.05, 0.1) is 17.5 Å². The molecule has 2 rings (SSSR count). The molecule has 0 saturated carbocycles. The van der Waals surface area contributed by atoms with Crippen molar-refractivity contribution in [1.29, 1.82) is 5.26 Å². The van der Waals surface area contributed by atoms with Crippen molar-refractivity contribution in [3.8, 4) is 11.8 Å². The van der Waals surface area contributed by atoms with Gasteiger partial charge in [0.1, 0.15) is 5.75 Å². The smallest absolute Gasteiger partial charge is 0.344 e. The Bertz CT molecular complexity index is 790. The van der Waals surface area contributed by atoms with Gasteiger partial charge in [-0.25, -0.2) is 4.79 Å². The zero-order valence-corrected chi connectivity index (χ0v) is 14.7. The number of benzene rings is 2. The zero-order chi connectivity index (χ0) is 18.8. The molecule has 0 spiro atoms. The first-order valence-electron chi connectivity index (χ1n) is 7.87. The third-order valence-corrected chi connectivity index (χ3v) is 3.67. The number of nitriles is 1. The normalized spacial score (nSPS) is 9.85. The Kier molecular flexibility index (Phi) is 7.47. The van der Waals surface area contributed by atoms with Crippen molar-refractivity contribution >= 4 is 29.2 Å². The number of halogens is 1. The van der Waals surface area contributed by atoms with Gasteiger partial charge in [-0.2, -0.15) is 5.26 Å². The van der Waals surface area contributed by atoms with Crippen LogP contribution < -0.4 is 9.64 Å². The fraction of sp³-hybridized carbons (Fsp3) is 0.211. The number of ether oxygens (including phenoxy) is 2. The molecule has 0 saturated heterocycles. The molecular weight excluding hydrogens is 356 g/mol. The average Bonchev–Trinajstić information content (AvgIpc) is 2.67. The summed E-state index contributed by atoms with van der Waals surface area (Å²) in [7, 11) is 0. The lowest BCUT2D eigenvalue weighted by Crippen LogP contribution is -2.36. The maximum absolute atomic E-state index is 12.4. The highest BCUT2D eigenvalue weighted by Crippen LogP contribution is 2.22. The van der Waals surface area contributed by atoms with Crippen molar-refractivity contribution in [2.75, 3.05) is 24.7 Å². The lowest BCUT2D eigenvalue weighted by molar-refractivity contribution is -0.149. The molecule has 134 valence electrons. The van der Waals surface area contributed by atoms with Gasteiger partial charge in [-0.05, 0) is 24.3 Å². The molecule has 0 aliphatic carbocycles. The topological polar surface area (TPSA) is 79.6 Å². The van der Waals surface area contributed by atoms with Gasteiger partial charge in [-0.1, -0.05) is 41.9 Å². The van der Waals surface area contributed by atoms with Crippen molar-refractivity contribution in [2.45, 2.75) is 6.42 Å². The lowest BCUT2D eigenvalue weighted by atomic mass is 10.2. The first-order chi connectivity index (χ1) is 12.6. The number of nitrogens with zero attached hydrogens (tertiary/aromatic N) is 2. The maximum atomic E-state index is 12.4. The van der Waals surface area contributed by atoms with E-state index in [1.807, 2.05) is 12.1 Å². The zero-order valence-electron chi connectivity index (χ0n) is 13.9. The van der Waals surface area contributed by atoms with Crippen molar-refractivity contribution in [1.82, 2.24) is 0 Å². The van der Waals surface area contributed by atoms with Gasteiger partial charge < -0.3 is 14.4 Å². The Morgan fingerprint density at radius 1 is 1.04 bits per heavy atom. The molecule has 7 heteroatoms. The van der Waals surface area contributed by atoms with E-state index in [9.17, 15) is 9.59 Å². The van der Waals surface area contributed by atoms with Crippen LogP contribution in [0.5, 0.6) is 5.75 Å². The predicted octanol–water partition coefficient (Wildman–Crippen LogP) is 3.21. The standard InChI is InChI=1S/C19H17ClN2O4/c20-16-9-4-5-10-17(16)25-14-19(24)26-13-18(23)22(12-6-11-21)15-7-2-1-3-8-15/h1-5,7-10H,6,12-14H2. The Morgan fingerprint density at radius 2 is 1.73 bits per heavy atom. The first-order valence-corrected chi connectivity index (χ1v) is 8.25. The summed E-state index contributed by atoms with van der Waals surface area (Å²) in [5, 5.41) is 9.14. The molecule has 0 unspecified atom stereocenters. The molecular formula is C19H17ClN2O4. The molecule has 6 nitrogen and oxygen atoms in total. The molecule has 2 aromatic carbocycles. The summed E-state index contributed by atoms with van der Waals surface area (Å²) in [4.78, 5) is 25.6. The molecule has 0 heterocycles. The molecule has 0 aromatic heterocycles. The van der Waals surface area contributed by atoms with Crippen LogP contribution in [0, 0.1) is 11.3 Å². The van der Waals surface area contributed by atoms with Crippen LogP contribution in [0.15, 0.2) is 54.6 Å². The van der Waals surface area contributed by atoms with Gasteiger partial charge in [0.2, 0.25) is 0 Å². The second-order valence-electron chi connectivity index (χ2n) is 5.17. The van der Waals surface area contributed by atoms with Gasteiger partial charge in [0.25, 0.3) is 5.91 Å². The van der Waals surface area contributed by atoms with Crippen LogP contribution in [-0.2, 0) is 14.3 Å². The Hall–Kier alpha value is -3.04. The quantitative estimate of drug-likeness (QED) is 0.665. The highest BCUT2D eigenvalue weighted by molar-refractivity contribution is 6.32. The van der Waals surface area contributed by atoms with Crippen molar-refractivity contribution < 1.29 is 19.1 Å². The average molecular weight is 373 g/mol. The van der Waals surface area contributed by atoms with Crippen molar-refractivity contribution in [3.63, 3.8) is 0 Å². The first kappa shape index (κ1) is 19.3. The molecule has 0 fully saturated rings. The molecule has 1 amide bonds. The van der Waals surface area contributed by atoms with Crippen molar-refractivity contribution in [3.05, 3.63) is 59.6 Å². The van der Waals surface area contributed by atoms with E-state index in [4.69, 9.17) is 26.3 Å². The van der Waals surface area contributed by atoms with Crippen molar-refractivity contribution in [2.24, 2.45) is 0 Å². The highest BCUT2D eigenvalue weighted by Gasteiger charge is 2.17. The minimum Gasteiger partial charge on any atom is -0.480 e. The molecule has 0 atom stereocenters. The summed E-state index contributed by atoms with van der Waals surface area (Å²) >= 11 is 5.93. The summed E-state index contributed by atoms with van der Waals surface area (Å²) in [5.41, 5.74) is 0.635. The predicted molar refractivity (Wildman–Crippen MR) is 96.9 cm³/mol. The molecule has 0 aliphatic rings. The Labute approximate surface area is 156 Å². The second kappa shape index (κ2) is 10.1. The highest BCUT2D eigenvalue weighted by atomic mass is 35.5. The summed E-state index contributed by atoms with van der Waals surface area (Å²) in [5.74, 6) is -0.749. The maximum Gasteiger partial charge on any atom is 0.344 e. The van der Waals surface area contributed by atoms with Crippen LogP contribution in [-0.4, -0.2) is 31.6 Å². The largest absolute Gasteiger partial charge is 0.480 e. The summed E-state index contributed by atoms with van der Waals surface area (Å²) in [6.45, 7) is -0.585. The summed E-state index contributed by atoms with van der Waals surface area (Å²) in [6, 6.07) is 17.6. The number of hydrogen-bond donors (Lipinski definition) is 0. The van der Waals surface area contributed by atoms with E-state index in [1.54, 1.807) is 48.5 Å². The number of amides is 1. The third kappa shape index (κ3) is 5.80. The van der Waals surface area contributed by atoms with E-state index in [0.717, 1.165) is 0 Å². The molecule has 0 N–H and O–H groups in total. The lowest BCUT2D eigenvalue weighted by Gasteiger charge is -2.21. The van der Waals surface area contributed by atoms with Crippen LogP contribution >= 0.6 is 11.6 Å². The van der Waals surface area contributed by atoms with Gasteiger partial charge in [-0.15, -0.1) is 0 Å². The van der Waals surface area contributed by atoms with Crippen LogP contribution in [0.2, 0.25) is 5.02 Å². The van der Waals surface area contributed by atoms with Gasteiger partial charge in [0.15, 0.2) is 13.2 Å². The van der Waals surface area contributed by atoms with E-state index >= 15 is 0 Å². The fourth-order valence-electron chi connectivity index (χ4n) is 2.13. The number of para-hydroxylation sites is 2.